The van der Waals surface area contributed by atoms with Crippen molar-refractivity contribution in [3.63, 3.8) is 0 Å². The summed E-state index contributed by atoms with van der Waals surface area (Å²) >= 11 is 1.34. The zero-order chi connectivity index (χ0) is 23.3. The summed E-state index contributed by atoms with van der Waals surface area (Å²) < 4.78 is 17.2. The maximum Gasteiger partial charge on any atom is 0.337 e. The first-order valence-corrected chi connectivity index (χ1v) is 11.5. The molecule has 2 aromatic carbocycles. The predicted molar refractivity (Wildman–Crippen MR) is 127 cm³/mol. The van der Waals surface area contributed by atoms with E-state index in [1.807, 2.05) is 19.1 Å². The maximum atomic E-state index is 14.5. The number of hydrogen-bond acceptors (Lipinski definition) is 4. The Morgan fingerprint density at radius 2 is 1.82 bits per heavy atom. The van der Waals surface area contributed by atoms with Crippen molar-refractivity contribution in [3.05, 3.63) is 96.8 Å². The highest BCUT2D eigenvalue weighted by Crippen LogP contribution is 2.33. The van der Waals surface area contributed by atoms with Gasteiger partial charge in [-0.2, -0.15) is 0 Å². The molecule has 168 valence electrons. The Labute approximate surface area is 193 Å². The van der Waals surface area contributed by atoms with Gasteiger partial charge in [0, 0.05) is 23.9 Å². The van der Waals surface area contributed by atoms with Gasteiger partial charge in [0.25, 0.3) is 5.56 Å². The Bertz CT molecular complexity index is 1530. The summed E-state index contributed by atoms with van der Waals surface area (Å²) in [6.07, 6.45) is 0.538. The van der Waals surface area contributed by atoms with E-state index in [1.165, 1.54) is 33.5 Å². The van der Waals surface area contributed by atoms with Gasteiger partial charge in [0.05, 0.1) is 24.2 Å². The van der Waals surface area contributed by atoms with Crippen LogP contribution in [0.1, 0.15) is 28.5 Å². The summed E-state index contributed by atoms with van der Waals surface area (Å²) in [5.74, 6) is -0.436. The van der Waals surface area contributed by atoms with Gasteiger partial charge < -0.3 is 4.90 Å². The summed E-state index contributed by atoms with van der Waals surface area (Å²) in [5.41, 5.74) is 1.67. The molecule has 1 aliphatic heterocycles. The number of carbonyl (C=O) groups excluding carboxylic acids is 1. The highest BCUT2D eigenvalue weighted by molar-refractivity contribution is 7.18. The maximum absolute atomic E-state index is 14.5. The Morgan fingerprint density at radius 3 is 2.55 bits per heavy atom. The van der Waals surface area contributed by atoms with E-state index >= 15 is 0 Å². The fourth-order valence-corrected chi connectivity index (χ4v) is 5.78. The quantitative estimate of drug-likeness (QED) is 0.466. The van der Waals surface area contributed by atoms with Gasteiger partial charge in [-0.3, -0.25) is 14.2 Å². The topological polar surface area (TPSA) is 64.3 Å². The first kappa shape index (κ1) is 21.3. The van der Waals surface area contributed by atoms with E-state index in [0.29, 0.717) is 41.0 Å². The van der Waals surface area contributed by atoms with Gasteiger partial charge in [0.2, 0.25) is 5.91 Å². The van der Waals surface area contributed by atoms with Crippen molar-refractivity contribution < 1.29 is 9.18 Å². The molecule has 33 heavy (non-hydrogen) atoms. The van der Waals surface area contributed by atoms with Crippen LogP contribution in [0.2, 0.25) is 0 Å². The van der Waals surface area contributed by atoms with Crippen molar-refractivity contribution >= 4 is 27.5 Å². The van der Waals surface area contributed by atoms with Crippen molar-refractivity contribution in [1.29, 1.82) is 0 Å². The molecule has 0 atom stereocenters. The average Bonchev–Trinajstić information content (AvgIpc) is 3.18. The molecular formula is C25H22FN3O3S. The molecule has 0 saturated heterocycles. The largest absolute Gasteiger partial charge is 0.337 e. The molecule has 0 N–H and O–H groups in total. The summed E-state index contributed by atoms with van der Waals surface area (Å²) in [4.78, 5) is 42.5. The molecule has 8 heteroatoms. The first-order valence-electron chi connectivity index (χ1n) is 10.7. The summed E-state index contributed by atoms with van der Waals surface area (Å²) in [6.45, 7) is 4.30. The molecule has 0 radical (unpaired) electrons. The number of rotatable bonds is 3. The second-order valence-corrected chi connectivity index (χ2v) is 9.35. The van der Waals surface area contributed by atoms with Crippen LogP contribution >= 0.6 is 11.3 Å². The molecule has 6 nitrogen and oxygen atoms in total. The molecule has 4 aromatic rings. The van der Waals surface area contributed by atoms with Gasteiger partial charge in [0.1, 0.15) is 10.6 Å². The van der Waals surface area contributed by atoms with Gasteiger partial charge in [0.15, 0.2) is 0 Å². The number of nitrogens with zero attached hydrogens (tertiary/aromatic N) is 3. The molecular weight excluding hydrogens is 441 g/mol. The molecule has 0 spiro atoms. The Kier molecular flexibility index (Phi) is 5.25. The number of fused-ring (bicyclic) bond motifs is 3. The van der Waals surface area contributed by atoms with E-state index in [2.05, 4.69) is 0 Å². The van der Waals surface area contributed by atoms with Crippen LogP contribution in [0.4, 0.5) is 4.39 Å². The minimum Gasteiger partial charge on any atom is -0.337 e. The average molecular weight is 464 g/mol. The molecule has 0 bridgehead atoms. The number of amides is 1. The lowest BCUT2D eigenvalue weighted by Gasteiger charge is -2.25. The second-order valence-electron chi connectivity index (χ2n) is 8.26. The fourth-order valence-electron chi connectivity index (χ4n) is 4.44. The van der Waals surface area contributed by atoms with Crippen LogP contribution in [0, 0.1) is 12.7 Å². The van der Waals surface area contributed by atoms with Crippen molar-refractivity contribution in [2.45, 2.75) is 33.4 Å². The van der Waals surface area contributed by atoms with Crippen molar-refractivity contribution in [2.75, 3.05) is 6.54 Å². The lowest BCUT2D eigenvalue weighted by atomic mass is 10.1. The Balaban J connectivity index is 1.83. The van der Waals surface area contributed by atoms with Crippen LogP contribution in [-0.2, 0) is 24.3 Å². The number of para-hydroxylation sites is 1. The van der Waals surface area contributed by atoms with Crippen LogP contribution in [0.25, 0.3) is 15.9 Å². The third-order valence-electron chi connectivity index (χ3n) is 6.21. The van der Waals surface area contributed by atoms with Crippen LogP contribution in [-0.4, -0.2) is 26.5 Å². The van der Waals surface area contributed by atoms with Gasteiger partial charge in [-0.1, -0.05) is 36.4 Å². The molecule has 0 fully saturated rings. The summed E-state index contributed by atoms with van der Waals surface area (Å²) in [5, 5.41) is 0.484. The number of aromatic nitrogens is 2. The van der Waals surface area contributed by atoms with E-state index in [4.69, 9.17) is 0 Å². The van der Waals surface area contributed by atoms with E-state index in [9.17, 15) is 18.8 Å². The highest BCUT2D eigenvalue weighted by atomic mass is 32.1. The van der Waals surface area contributed by atoms with Gasteiger partial charge >= 0.3 is 5.69 Å². The van der Waals surface area contributed by atoms with E-state index in [-0.39, 0.29) is 18.0 Å². The standard InChI is InChI=1S/C25H22FN3O3S/c1-15-7-3-6-10-20(15)29-23(31)22-18-11-12-27(16(2)30)14-21(18)33-24(22)28(25(29)32)13-17-8-4-5-9-19(17)26/h3-10H,11-14H2,1-2H3. The lowest BCUT2D eigenvalue weighted by molar-refractivity contribution is -0.129. The Hall–Kier alpha value is -3.52. The summed E-state index contributed by atoms with van der Waals surface area (Å²) in [6, 6.07) is 13.6. The number of hydrogen-bond donors (Lipinski definition) is 0. The van der Waals surface area contributed by atoms with Crippen LogP contribution in [0.3, 0.4) is 0 Å². The molecule has 0 aliphatic carbocycles. The van der Waals surface area contributed by atoms with Crippen LogP contribution < -0.4 is 11.2 Å². The molecule has 5 rings (SSSR count). The number of benzene rings is 2. The number of halogens is 1. The molecule has 0 unspecified atom stereocenters. The van der Waals surface area contributed by atoms with E-state index in [0.717, 1.165) is 16.0 Å². The minimum atomic E-state index is -0.507. The third kappa shape index (κ3) is 3.51. The third-order valence-corrected chi connectivity index (χ3v) is 7.45. The molecule has 3 heterocycles. The SMILES string of the molecule is CC(=O)N1CCc2c(sc3c2c(=O)n(-c2ccccc2C)c(=O)n3Cc2ccccc2F)C1. The zero-order valence-corrected chi connectivity index (χ0v) is 19.1. The molecule has 0 saturated carbocycles. The number of aryl methyl sites for hydroxylation is 1. The number of carbonyl (C=O) groups is 1. The first-order chi connectivity index (χ1) is 15.9. The van der Waals surface area contributed by atoms with Crippen molar-refractivity contribution in [3.8, 4) is 5.69 Å². The second kappa shape index (κ2) is 8.12. The lowest BCUT2D eigenvalue weighted by Crippen LogP contribution is -2.39. The van der Waals surface area contributed by atoms with Crippen molar-refractivity contribution in [1.82, 2.24) is 14.0 Å². The van der Waals surface area contributed by atoms with E-state index < -0.39 is 11.5 Å². The zero-order valence-electron chi connectivity index (χ0n) is 18.3. The van der Waals surface area contributed by atoms with Crippen LogP contribution in [0.5, 0.6) is 0 Å². The normalized spacial score (nSPS) is 13.4. The molecule has 2 aromatic heterocycles. The highest BCUT2D eigenvalue weighted by Gasteiger charge is 2.28. The Morgan fingerprint density at radius 1 is 1.09 bits per heavy atom. The van der Waals surface area contributed by atoms with Gasteiger partial charge in [-0.25, -0.2) is 13.8 Å². The molecule has 1 amide bonds. The van der Waals surface area contributed by atoms with Gasteiger partial charge in [-0.05, 0) is 36.6 Å². The monoisotopic (exact) mass is 463 g/mol. The summed E-state index contributed by atoms with van der Waals surface area (Å²) in [7, 11) is 0. The van der Waals surface area contributed by atoms with Gasteiger partial charge in [-0.15, -0.1) is 11.3 Å². The van der Waals surface area contributed by atoms with E-state index in [1.54, 1.807) is 35.2 Å². The fraction of sp³-hybridized carbons (Fsp3) is 0.240. The number of thiophene rings is 1. The molecule has 1 aliphatic rings. The minimum absolute atomic E-state index is 0.00395. The smallest absolute Gasteiger partial charge is 0.337 e. The van der Waals surface area contributed by atoms with Crippen LogP contribution in [0.15, 0.2) is 58.1 Å². The van der Waals surface area contributed by atoms with Crippen molar-refractivity contribution in [2.24, 2.45) is 0 Å². The predicted octanol–water partition coefficient (Wildman–Crippen LogP) is 3.61.